The van der Waals surface area contributed by atoms with Gasteiger partial charge in [-0.3, -0.25) is 19.4 Å². The van der Waals surface area contributed by atoms with Crippen LogP contribution in [0.1, 0.15) is 56.6 Å². The minimum atomic E-state index is -1.11. The van der Waals surface area contributed by atoms with E-state index in [2.05, 4.69) is 21.7 Å². The second kappa shape index (κ2) is 22.3. The molecule has 0 saturated carbocycles. The zero-order chi connectivity index (χ0) is 44.8. The summed E-state index contributed by atoms with van der Waals surface area (Å²) >= 11 is 6.75. The van der Waals surface area contributed by atoms with Crippen LogP contribution in [0.3, 0.4) is 0 Å². The van der Waals surface area contributed by atoms with Crippen LogP contribution in [0, 0.1) is 25.2 Å². The Morgan fingerprint density at radius 1 is 0.774 bits per heavy atom. The van der Waals surface area contributed by atoms with Crippen LogP contribution in [0.15, 0.2) is 85.2 Å². The van der Waals surface area contributed by atoms with Gasteiger partial charge in [-0.1, -0.05) is 54.1 Å². The average molecular weight is 866 g/mol. The molecule has 0 bridgehead atoms. The van der Waals surface area contributed by atoms with Gasteiger partial charge in [0.25, 0.3) is 5.91 Å². The molecule has 0 fully saturated rings. The molecule has 0 unspecified atom stereocenters. The third-order valence-electron chi connectivity index (χ3n) is 9.87. The number of benzene rings is 4. The molecule has 1 aromatic heterocycles. The van der Waals surface area contributed by atoms with Crippen LogP contribution in [0.25, 0.3) is 22.3 Å². The van der Waals surface area contributed by atoms with Gasteiger partial charge in [0.1, 0.15) is 43.1 Å². The molecule has 1 heterocycles. The fourth-order valence-corrected chi connectivity index (χ4v) is 6.95. The lowest BCUT2D eigenvalue weighted by Crippen LogP contribution is -2.31. The molecule has 0 saturated heterocycles. The number of hydrogen-bond acceptors (Lipinski definition) is 12. The quantitative estimate of drug-likeness (QED) is 0.0399. The van der Waals surface area contributed by atoms with Crippen molar-refractivity contribution in [2.24, 2.45) is 5.73 Å². The molecular formula is C46H48ClN5O10. The molecule has 0 aliphatic heterocycles. The molecule has 2 atom stereocenters. The van der Waals surface area contributed by atoms with Gasteiger partial charge in [0, 0.05) is 55.8 Å². The lowest BCUT2D eigenvalue weighted by atomic mass is 9.89. The molecule has 5 rings (SSSR count). The number of nitrogens with one attached hydrogen (secondary N) is 2. The van der Waals surface area contributed by atoms with Gasteiger partial charge in [-0.2, -0.15) is 5.26 Å². The summed E-state index contributed by atoms with van der Waals surface area (Å²) in [4.78, 5) is 38.4. The lowest BCUT2D eigenvalue weighted by molar-refractivity contribution is -0.140. The van der Waals surface area contributed by atoms with Crippen molar-refractivity contribution in [3.63, 3.8) is 0 Å². The van der Waals surface area contributed by atoms with Crippen molar-refractivity contribution in [3.05, 3.63) is 129 Å². The summed E-state index contributed by atoms with van der Waals surface area (Å²) < 4.78 is 18.3. The zero-order valence-corrected chi connectivity index (χ0v) is 34.9. The van der Waals surface area contributed by atoms with E-state index >= 15 is 0 Å². The van der Waals surface area contributed by atoms with Crippen LogP contribution in [0.2, 0.25) is 5.02 Å². The molecule has 0 aliphatic rings. The smallest absolute Gasteiger partial charge is 0.306 e. The number of aliphatic hydroxyl groups is 2. The maximum atomic E-state index is 12.5. The minimum absolute atomic E-state index is 0.0238. The number of nitrogens with zero attached hydrogens (tertiary/aromatic N) is 2. The highest BCUT2D eigenvalue weighted by atomic mass is 35.5. The standard InChI is InChI=1S/C46H48ClN5O10/c1-27-32(26-62-43-18-42(61-25-30-13-29(19-48)20-51-21-30)33(15-40(43)47)22-52-24-35(54)17-45(57)58)5-3-7-37(27)38-8-4-6-36(28(38)2)31-9-10-41(39(14-31)46(49)59)60-12-11-50-23-34(53)16-44(55)56/h3-10,13-15,18,20-21,34-35,50,52-54H,11-12,16-17,22-26H2,1-2H3,(H2,49,59)(H,55,56)(H,57,58)/t34-,35-/m0/s1. The molecule has 15 nitrogen and oxygen atoms in total. The van der Waals surface area contributed by atoms with Crippen LogP contribution >= 0.6 is 11.6 Å². The minimum Gasteiger partial charge on any atom is -0.491 e. The highest BCUT2D eigenvalue weighted by Crippen LogP contribution is 2.37. The number of rotatable bonds is 23. The van der Waals surface area contributed by atoms with E-state index in [1.807, 2.05) is 56.3 Å². The summed E-state index contributed by atoms with van der Waals surface area (Å²) in [5.74, 6) is -1.80. The molecule has 8 N–H and O–H groups in total. The van der Waals surface area contributed by atoms with Gasteiger partial charge in [0.2, 0.25) is 0 Å². The lowest BCUT2D eigenvalue weighted by Gasteiger charge is -2.19. The van der Waals surface area contributed by atoms with Crippen molar-refractivity contribution < 1.29 is 49.0 Å². The molecule has 324 valence electrons. The molecule has 62 heavy (non-hydrogen) atoms. The number of halogens is 1. The Bertz CT molecular complexity index is 2440. The van der Waals surface area contributed by atoms with E-state index in [0.717, 1.165) is 38.9 Å². The normalized spacial score (nSPS) is 11.9. The Kier molecular flexibility index (Phi) is 16.8. The number of pyridine rings is 1. The number of nitriles is 1. The number of nitrogens with two attached hydrogens (primary N) is 1. The monoisotopic (exact) mass is 865 g/mol. The predicted octanol–water partition coefficient (Wildman–Crippen LogP) is 5.54. The number of aliphatic hydroxyl groups excluding tert-OH is 2. The third-order valence-corrected chi connectivity index (χ3v) is 10.2. The largest absolute Gasteiger partial charge is 0.491 e. The topological polar surface area (TPSA) is 247 Å². The fraction of sp³-hybridized carbons (Fsp3) is 0.283. The fourth-order valence-electron chi connectivity index (χ4n) is 6.71. The van der Waals surface area contributed by atoms with Crippen LogP contribution < -0.4 is 30.6 Å². The number of carboxylic acid groups (broad SMARTS) is 2. The first-order valence-corrected chi connectivity index (χ1v) is 20.0. The van der Waals surface area contributed by atoms with Crippen LogP contribution in [-0.2, 0) is 29.3 Å². The van der Waals surface area contributed by atoms with Crippen molar-refractivity contribution in [1.29, 1.82) is 5.26 Å². The summed E-state index contributed by atoms with van der Waals surface area (Å²) in [5, 5.41) is 53.2. The number of hydrogen-bond donors (Lipinski definition) is 7. The number of carboxylic acids is 2. The maximum Gasteiger partial charge on any atom is 0.306 e. The van der Waals surface area contributed by atoms with Crippen molar-refractivity contribution in [3.8, 4) is 45.6 Å². The SMILES string of the molecule is Cc1c(COc2cc(OCc3cncc(C#N)c3)c(CNC[C@@H](O)CC(=O)O)cc2Cl)cccc1-c1cccc(-c2ccc(OCCNC[C@@H](O)CC(=O)O)c(C(N)=O)c2)c1C. The van der Waals surface area contributed by atoms with E-state index < -0.39 is 36.5 Å². The van der Waals surface area contributed by atoms with Crippen molar-refractivity contribution in [2.45, 2.75) is 58.7 Å². The van der Waals surface area contributed by atoms with Crippen molar-refractivity contribution >= 4 is 29.4 Å². The van der Waals surface area contributed by atoms with E-state index in [-0.39, 0.29) is 51.4 Å². The Labute approximate surface area is 363 Å². The predicted molar refractivity (Wildman–Crippen MR) is 231 cm³/mol. The second-order valence-corrected chi connectivity index (χ2v) is 14.9. The Hall–Kier alpha value is -6.54. The summed E-state index contributed by atoms with van der Waals surface area (Å²) in [6.07, 6.45) is 0.138. The molecule has 0 radical (unpaired) electrons. The molecular weight excluding hydrogens is 818 g/mol. The average Bonchev–Trinajstić information content (AvgIpc) is 3.23. The molecule has 1 amide bonds. The Morgan fingerprint density at radius 2 is 1.44 bits per heavy atom. The first kappa shape index (κ1) is 46.5. The van der Waals surface area contributed by atoms with Crippen molar-refractivity contribution in [2.75, 3.05) is 26.2 Å². The summed E-state index contributed by atoms with van der Waals surface area (Å²) in [7, 11) is 0. The third kappa shape index (κ3) is 13.0. The molecule has 16 heteroatoms. The number of ether oxygens (including phenoxy) is 3. The summed E-state index contributed by atoms with van der Waals surface area (Å²) in [6, 6.07) is 24.2. The van der Waals surface area contributed by atoms with Gasteiger partial charge < -0.3 is 51.0 Å². The number of amides is 1. The first-order valence-electron chi connectivity index (χ1n) is 19.6. The van der Waals surface area contributed by atoms with E-state index in [0.29, 0.717) is 45.5 Å². The second-order valence-electron chi connectivity index (χ2n) is 14.5. The van der Waals surface area contributed by atoms with Gasteiger partial charge in [-0.05, 0) is 77.1 Å². The van der Waals surface area contributed by atoms with Gasteiger partial charge in [-0.15, -0.1) is 0 Å². The number of carbonyl (C=O) groups is 3. The van der Waals surface area contributed by atoms with Crippen LogP contribution in [0.4, 0.5) is 0 Å². The van der Waals surface area contributed by atoms with Crippen LogP contribution in [0.5, 0.6) is 17.2 Å². The molecule has 0 aliphatic carbocycles. The Balaban J connectivity index is 1.33. The van der Waals surface area contributed by atoms with E-state index in [9.17, 15) is 29.9 Å². The molecule has 0 spiro atoms. The Morgan fingerprint density at radius 3 is 2.13 bits per heavy atom. The summed E-state index contributed by atoms with van der Waals surface area (Å²) in [5.41, 5.74) is 14.1. The van der Waals surface area contributed by atoms with E-state index in [1.54, 1.807) is 36.5 Å². The maximum absolute atomic E-state index is 12.5. The highest BCUT2D eigenvalue weighted by Gasteiger charge is 2.18. The first-order chi connectivity index (χ1) is 29.7. The number of aromatic nitrogens is 1. The van der Waals surface area contributed by atoms with Crippen LogP contribution in [-0.4, -0.2) is 81.7 Å². The van der Waals surface area contributed by atoms with Gasteiger partial charge in [0.15, 0.2) is 0 Å². The van der Waals surface area contributed by atoms with E-state index in [4.69, 9.17) is 41.8 Å². The zero-order valence-electron chi connectivity index (χ0n) is 34.2. The van der Waals surface area contributed by atoms with Crippen molar-refractivity contribution in [1.82, 2.24) is 15.6 Å². The molecule has 5 aromatic rings. The van der Waals surface area contributed by atoms with Gasteiger partial charge >= 0.3 is 11.9 Å². The van der Waals surface area contributed by atoms with Gasteiger partial charge in [0.05, 0.1) is 41.2 Å². The number of primary amides is 1. The number of aliphatic carboxylic acids is 2. The number of carbonyl (C=O) groups excluding carboxylic acids is 1. The van der Waals surface area contributed by atoms with Gasteiger partial charge in [-0.25, -0.2) is 0 Å². The van der Waals surface area contributed by atoms with E-state index in [1.165, 1.54) is 6.20 Å². The summed E-state index contributed by atoms with van der Waals surface area (Å²) in [6.45, 7) is 5.01. The highest BCUT2D eigenvalue weighted by molar-refractivity contribution is 6.32. The molecule has 4 aromatic carbocycles.